The van der Waals surface area contributed by atoms with Crippen LogP contribution in [0.15, 0.2) is 0 Å². The van der Waals surface area contributed by atoms with Crippen LogP contribution in [0, 0.1) is 0 Å². The summed E-state index contributed by atoms with van der Waals surface area (Å²) in [6, 6.07) is 0. The molecule has 6 heavy (non-hydrogen) atoms. The van der Waals surface area contributed by atoms with Crippen molar-refractivity contribution in [3.8, 4) is 0 Å². The van der Waals surface area contributed by atoms with Gasteiger partial charge in [-0.2, -0.15) is 0 Å². The second-order valence-corrected chi connectivity index (χ2v) is 0. The Balaban J connectivity index is -0.000000000833. The molecule has 0 amide bonds. The van der Waals surface area contributed by atoms with Crippen molar-refractivity contribution in [3.05, 3.63) is 0 Å². The maximum absolute atomic E-state index is 8.06. The summed E-state index contributed by atoms with van der Waals surface area (Å²) in [4.78, 5) is 0. The zero-order valence-corrected chi connectivity index (χ0v) is 16.6. The van der Waals surface area contributed by atoms with E-state index in [1.54, 1.807) is 10.1 Å². The minimum Gasteiger partial charge on any atom is -0.381 e. The Morgan fingerprint density at radius 1 is 1.17 bits per heavy atom. The van der Waals surface area contributed by atoms with Crippen LogP contribution in [0.3, 0.4) is 0 Å². The van der Waals surface area contributed by atoms with Crippen molar-refractivity contribution in [2.24, 2.45) is 0 Å². The fourth-order valence-corrected chi connectivity index (χ4v) is 0. The maximum atomic E-state index is 8.06. The Bertz CT molecular complexity index is 15.5. The molecule has 0 aromatic rings. The zero-order chi connectivity index (χ0) is 2.00. The molecule has 6 radical (unpaired) electrons. The number of hydrogen-bond acceptors (Lipinski definition) is 1. The molecule has 0 rings (SSSR count). The molecule has 0 spiro atoms. The van der Waals surface area contributed by atoms with Gasteiger partial charge in [-0.25, -0.2) is 0 Å². The predicted octanol–water partition coefficient (Wildman–Crippen LogP) is -1.27. The van der Waals surface area contributed by atoms with E-state index in [2.05, 4.69) is 0 Å². The van der Waals surface area contributed by atoms with Crippen LogP contribution in [0.25, 0.3) is 0 Å². The van der Waals surface area contributed by atoms with Crippen LogP contribution in [0.1, 0.15) is 0 Å². The zero-order valence-electron chi connectivity index (χ0n) is 3.23. The standard InChI is InChI=1S/Ba.OSi.Sr.Ti.W/c;1-2;;;. The van der Waals surface area contributed by atoms with Gasteiger partial charge in [0, 0.05) is 137 Å². The summed E-state index contributed by atoms with van der Waals surface area (Å²) in [5.74, 6) is 0. The average Bonchev–Trinajstić information content (AvgIpc) is 1.00. The summed E-state index contributed by atoms with van der Waals surface area (Å²) in [5, 5.41) is 0. The fourth-order valence-electron chi connectivity index (χ4n) is 0. The monoisotopic (exact) mass is 502 g/mol. The van der Waals surface area contributed by atoms with Gasteiger partial charge in [0.1, 0.15) is 0 Å². The summed E-state index contributed by atoms with van der Waals surface area (Å²) < 4.78 is 8.06. The van der Waals surface area contributed by atoms with E-state index in [1.165, 1.54) is 0 Å². The third kappa shape index (κ3) is 23.7. The van der Waals surface area contributed by atoms with Crippen molar-refractivity contribution in [1.82, 2.24) is 0 Å². The van der Waals surface area contributed by atoms with Crippen LogP contribution >= 0.6 is 0 Å². The van der Waals surface area contributed by atoms with Crippen LogP contribution in [0.2, 0.25) is 0 Å². The summed E-state index contributed by atoms with van der Waals surface area (Å²) in [6.45, 7) is 0. The van der Waals surface area contributed by atoms with E-state index in [-0.39, 0.29) is 137 Å². The van der Waals surface area contributed by atoms with Gasteiger partial charge >= 0.3 is 10.1 Å². The Morgan fingerprint density at radius 2 is 1.17 bits per heavy atom. The van der Waals surface area contributed by atoms with Crippen molar-refractivity contribution in [2.45, 2.75) is 0 Å². The molecule has 0 atom stereocenters. The van der Waals surface area contributed by atoms with E-state index in [1.807, 2.05) is 0 Å². The molecule has 0 fully saturated rings. The van der Waals surface area contributed by atoms with E-state index in [4.69, 9.17) is 4.46 Å². The molecule has 0 saturated heterocycles. The first-order valence-electron chi connectivity index (χ1n) is 0.204. The van der Waals surface area contributed by atoms with Crippen molar-refractivity contribution in [1.29, 1.82) is 0 Å². The van der Waals surface area contributed by atoms with Crippen LogP contribution in [-0.4, -0.2) is 104 Å². The molecule has 0 N–H and O–H groups in total. The predicted molar refractivity (Wildman–Crippen MR) is 17.9 cm³/mol. The van der Waals surface area contributed by atoms with Gasteiger partial charge in [-0.1, -0.05) is 0 Å². The molecule has 24 valence electrons. The minimum absolute atomic E-state index is 0. The van der Waals surface area contributed by atoms with Crippen molar-refractivity contribution in [2.75, 3.05) is 0 Å². The Labute approximate surface area is 147 Å². The first-order valence-corrected chi connectivity index (χ1v) is 0.612. The molecule has 0 aromatic carbocycles. The fraction of sp³-hybridized carbons (Fsp3) is 0. The molecule has 0 unspecified atom stereocenters. The van der Waals surface area contributed by atoms with Gasteiger partial charge in [-0.05, 0) is 0 Å². The Hall–Kier alpha value is 4.47. The van der Waals surface area contributed by atoms with Gasteiger partial charge in [-0.15, -0.1) is 0 Å². The molecule has 0 bridgehead atoms. The second-order valence-electron chi connectivity index (χ2n) is 0. The summed E-state index contributed by atoms with van der Waals surface area (Å²) in [6.07, 6.45) is 0. The number of rotatable bonds is 0. The van der Waals surface area contributed by atoms with E-state index in [9.17, 15) is 0 Å². The second kappa shape index (κ2) is 34.0. The third-order valence-corrected chi connectivity index (χ3v) is 0. The van der Waals surface area contributed by atoms with Gasteiger partial charge in [0.25, 0.3) is 0 Å². The van der Waals surface area contributed by atoms with E-state index < -0.39 is 0 Å². The first-order chi connectivity index (χ1) is 1.00. The molecule has 0 aliphatic rings. The molecule has 1 nitrogen and oxygen atoms in total. The summed E-state index contributed by atoms with van der Waals surface area (Å²) in [5.41, 5.74) is 0. The molecular formula is BaOSiSrTiW. The molecule has 0 aliphatic heterocycles. The Kier molecular flexibility index (Phi) is 178. The third-order valence-electron chi connectivity index (χ3n) is 0. The van der Waals surface area contributed by atoms with Gasteiger partial charge in [0.15, 0.2) is 0 Å². The normalized spacial score (nSPS) is 0.667. The van der Waals surface area contributed by atoms with Crippen LogP contribution in [-0.2, 0) is 47.2 Å². The first kappa shape index (κ1) is 31.4. The smallest absolute Gasteiger partial charge is 0.381 e. The molecule has 0 saturated carbocycles. The number of hydrogen-bond donors (Lipinski definition) is 0. The molecule has 6 heteroatoms. The quantitative estimate of drug-likeness (QED) is 0.380. The Morgan fingerprint density at radius 3 is 1.17 bits per heavy atom. The van der Waals surface area contributed by atoms with Crippen molar-refractivity contribution in [3.63, 3.8) is 0 Å². The average molecular weight is 501 g/mol. The van der Waals surface area contributed by atoms with Gasteiger partial charge < -0.3 is 4.46 Å². The van der Waals surface area contributed by atoms with E-state index >= 15 is 0 Å². The molecule has 0 aliphatic carbocycles. The van der Waals surface area contributed by atoms with E-state index in [0.29, 0.717) is 0 Å². The van der Waals surface area contributed by atoms with Crippen molar-refractivity contribution >= 4 is 104 Å². The molecule has 0 aromatic heterocycles. The summed E-state index contributed by atoms with van der Waals surface area (Å²) in [7, 11) is 1.72. The van der Waals surface area contributed by atoms with Gasteiger partial charge in [0.05, 0.1) is 0 Å². The topological polar surface area (TPSA) is 17.1 Å². The molecule has 0 heterocycles. The van der Waals surface area contributed by atoms with Gasteiger partial charge in [-0.3, -0.25) is 0 Å². The SMILES string of the molecule is O=[Si].[Ba].[Sr].[Ti].[W]. The van der Waals surface area contributed by atoms with Crippen molar-refractivity contribution < 1.29 is 47.2 Å². The maximum Gasteiger partial charge on any atom is 0.381 e. The minimum atomic E-state index is 0. The summed E-state index contributed by atoms with van der Waals surface area (Å²) >= 11 is 0. The van der Waals surface area contributed by atoms with Crippen LogP contribution in [0.4, 0.5) is 0 Å². The largest absolute Gasteiger partial charge is 0.381 e. The van der Waals surface area contributed by atoms with Crippen LogP contribution < -0.4 is 0 Å². The van der Waals surface area contributed by atoms with Crippen LogP contribution in [0.5, 0.6) is 0 Å². The van der Waals surface area contributed by atoms with Gasteiger partial charge in [0.2, 0.25) is 0 Å². The molecular weight excluding hydrogens is 501 g/mol. The van der Waals surface area contributed by atoms with E-state index in [0.717, 1.165) is 0 Å².